The van der Waals surface area contributed by atoms with E-state index in [2.05, 4.69) is 22.1 Å². The van der Waals surface area contributed by atoms with E-state index in [-0.39, 0.29) is 12.1 Å². The van der Waals surface area contributed by atoms with Crippen LogP contribution in [0, 0.1) is 0 Å². The van der Waals surface area contributed by atoms with E-state index in [1.54, 1.807) is 13.2 Å². The normalized spacial score (nSPS) is 11.6. The zero-order chi connectivity index (χ0) is 20.5. The second-order valence-electron chi connectivity index (χ2n) is 6.86. The molecule has 0 aliphatic rings. The van der Waals surface area contributed by atoms with Gasteiger partial charge in [-0.25, -0.2) is 4.79 Å². The first-order valence-corrected chi connectivity index (χ1v) is 9.11. The molecule has 0 fully saturated rings. The number of nitrogens with one attached hydrogen (secondary N) is 2. The number of likely N-dealkylation sites (N-methyl/N-ethyl adjacent to an activating group) is 1. The summed E-state index contributed by atoms with van der Waals surface area (Å²) in [6.45, 7) is 6.62. The van der Waals surface area contributed by atoms with Crippen molar-refractivity contribution in [1.29, 1.82) is 0 Å². The van der Waals surface area contributed by atoms with Gasteiger partial charge >= 0.3 is 6.03 Å². The third-order valence-corrected chi connectivity index (χ3v) is 4.14. The molecule has 6 nitrogen and oxygen atoms in total. The molecule has 2 N–H and O–H groups in total. The highest BCUT2D eigenvalue weighted by atomic mass is 16.5. The number of amides is 2. The fourth-order valence-corrected chi connectivity index (χ4v) is 2.68. The third kappa shape index (κ3) is 6.63. The second kappa shape index (κ2) is 10.4. The SMILES string of the molecule is C=C(C)COc1cccc(NC(=O)NCC(c2cccc(OC)c2)N(C)C)c1. The Labute approximate surface area is 167 Å². The minimum absolute atomic E-state index is 0.0195. The van der Waals surface area contributed by atoms with Crippen LogP contribution in [0.25, 0.3) is 0 Å². The largest absolute Gasteiger partial charge is 0.497 e. The maximum absolute atomic E-state index is 12.4. The summed E-state index contributed by atoms with van der Waals surface area (Å²) < 4.78 is 10.9. The molecule has 0 aliphatic carbocycles. The van der Waals surface area contributed by atoms with Crippen LogP contribution in [-0.2, 0) is 0 Å². The van der Waals surface area contributed by atoms with Gasteiger partial charge in [-0.3, -0.25) is 0 Å². The Morgan fingerprint density at radius 1 is 1.14 bits per heavy atom. The fourth-order valence-electron chi connectivity index (χ4n) is 2.68. The average Bonchev–Trinajstić information content (AvgIpc) is 2.66. The van der Waals surface area contributed by atoms with Gasteiger partial charge in [-0.1, -0.05) is 24.8 Å². The van der Waals surface area contributed by atoms with Crippen LogP contribution >= 0.6 is 0 Å². The monoisotopic (exact) mass is 383 g/mol. The molecular formula is C22H29N3O3. The van der Waals surface area contributed by atoms with E-state index in [0.29, 0.717) is 24.6 Å². The summed E-state index contributed by atoms with van der Waals surface area (Å²) in [5.41, 5.74) is 2.67. The highest BCUT2D eigenvalue weighted by Crippen LogP contribution is 2.22. The van der Waals surface area contributed by atoms with Gasteiger partial charge in [0.25, 0.3) is 0 Å². The lowest BCUT2D eigenvalue weighted by Gasteiger charge is -2.25. The average molecular weight is 383 g/mol. The summed E-state index contributed by atoms with van der Waals surface area (Å²) in [5.74, 6) is 1.48. The molecule has 0 saturated carbocycles. The molecule has 28 heavy (non-hydrogen) atoms. The molecule has 0 spiro atoms. The highest BCUT2D eigenvalue weighted by Gasteiger charge is 2.16. The standard InChI is InChI=1S/C22H29N3O3/c1-16(2)15-28-20-11-7-9-18(13-20)24-22(26)23-14-21(25(3)4)17-8-6-10-19(12-17)27-5/h6-13,21H,1,14-15H2,2-5H3,(H2,23,24,26). The van der Waals surface area contributed by atoms with Crippen molar-refractivity contribution < 1.29 is 14.3 Å². The van der Waals surface area contributed by atoms with Gasteiger partial charge in [0.2, 0.25) is 0 Å². The summed E-state index contributed by atoms with van der Waals surface area (Å²) in [6.07, 6.45) is 0. The zero-order valence-electron chi connectivity index (χ0n) is 17.0. The van der Waals surface area contributed by atoms with Crippen molar-refractivity contribution in [2.24, 2.45) is 0 Å². The molecule has 0 aliphatic heterocycles. The van der Waals surface area contributed by atoms with E-state index < -0.39 is 0 Å². The van der Waals surface area contributed by atoms with Gasteiger partial charge in [0.1, 0.15) is 18.1 Å². The van der Waals surface area contributed by atoms with Gasteiger partial charge in [0, 0.05) is 18.3 Å². The van der Waals surface area contributed by atoms with Crippen LogP contribution < -0.4 is 20.1 Å². The molecule has 0 heterocycles. The number of hydrogen-bond donors (Lipinski definition) is 2. The summed E-state index contributed by atoms with van der Waals surface area (Å²) >= 11 is 0. The number of urea groups is 1. The predicted molar refractivity (Wildman–Crippen MR) is 113 cm³/mol. The first-order chi connectivity index (χ1) is 13.4. The molecule has 2 rings (SSSR count). The number of carbonyl (C=O) groups excluding carboxylic acids is 1. The Kier molecular flexibility index (Phi) is 7.89. The van der Waals surface area contributed by atoms with Gasteiger partial charge in [0.15, 0.2) is 0 Å². The number of nitrogens with zero attached hydrogens (tertiary/aromatic N) is 1. The molecule has 0 saturated heterocycles. The lowest BCUT2D eigenvalue weighted by atomic mass is 10.1. The molecule has 6 heteroatoms. The van der Waals surface area contributed by atoms with Crippen LogP contribution in [0.1, 0.15) is 18.5 Å². The van der Waals surface area contributed by atoms with Gasteiger partial charge in [-0.2, -0.15) is 0 Å². The van der Waals surface area contributed by atoms with E-state index in [1.807, 2.05) is 63.5 Å². The fraction of sp³-hybridized carbons (Fsp3) is 0.318. The van der Waals surface area contributed by atoms with E-state index in [0.717, 1.165) is 16.9 Å². The van der Waals surface area contributed by atoms with Gasteiger partial charge in [-0.05, 0) is 56.4 Å². The van der Waals surface area contributed by atoms with E-state index in [4.69, 9.17) is 9.47 Å². The Hall–Kier alpha value is -2.99. The van der Waals surface area contributed by atoms with Crippen LogP contribution in [0.15, 0.2) is 60.7 Å². The number of carbonyl (C=O) groups is 1. The Bertz CT molecular complexity index is 805. The maximum atomic E-state index is 12.4. The van der Waals surface area contributed by atoms with Gasteiger partial charge < -0.3 is 25.0 Å². The topological polar surface area (TPSA) is 62.8 Å². The predicted octanol–water partition coefficient (Wildman–Crippen LogP) is 4.07. The van der Waals surface area contributed by atoms with Crippen molar-refractivity contribution in [3.05, 3.63) is 66.2 Å². The maximum Gasteiger partial charge on any atom is 0.319 e. The van der Waals surface area contributed by atoms with Crippen molar-refractivity contribution in [2.75, 3.05) is 39.7 Å². The molecule has 150 valence electrons. The Morgan fingerprint density at radius 3 is 2.54 bits per heavy atom. The zero-order valence-corrected chi connectivity index (χ0v) is 17.0. The summed E-state index contributed by atoms with van der Waals surface area (Å²) in [4.78, 5) is 14.4. The third-order valence-electron chi connectivity index (χ3n) is 4.14. The van der Waals surface area contributed by atoms with Crippen molar-refractivity contribution in [2.45, 2.75) is 13.0 Å². The smallest absolute Gasteiger partial charge is 0.319 e. The van der Waals surface area contributed by atoms with Gasteiger partial charge in [-0.15, -0.1) is 0 Å². The van der Waals surface area contributed by atoms with Gasteiger partial charge in [0.05, 0.1) is 13.2 Å². The molecule has 2 aromatic rings. The quantitative estimate of drug-likeness (QED) is 0.641. The summed E-state index contributed by atoms with van der Waals surface area (Å²) in [5, 5.41) is 5.77. The highest BCUT2D eigenvalue weighted by molar-refractivity contribution is 5.89. The van der Waals surface area contributed by atoms with Crippen molar-refractivity contribution in [3.8, 4) is 11.5 Å². The van der Waals surface area contributed by atoms with E-state index >= 15 is 0 Å². The molecule has 2 amide bonds. The Balaban J connectivity index is 1.96. The van der Waals surface area contributed by atoms with Crippen molar-refractivity contribution >= 4 is 11.7 Å². The van der Waals surface area contributed by atoms with E-state index in [1.165, 1.54) is 0 Å². The van der Waals surface area contributed by atoms with E-state index in [9.17, 15) is 4.79 Å². The molecule has 0 aromatic heterocycles. The number of anilines is 1. The first kappa shape index (κ1) is 21.3. The molecule has 1 unspecified atom stereocenters. The summed E-state index contributed by atoms with van der Waals surface area (Å²) in [7, 11) is 5.60. The molecular weight excluding hydrogens is 354 g/mol. The molecule has 0 radical (unpaired) electrons. The minimum Gasteiger partial charge on any atom is -0.497 e. The minimum atomic E-state index is -0.271. The van der Waals surface area contributed by atoms with Crippen LogP contribution in [0.2, 0.25) is 0 Å². The number of ether oxygens (including phenoxy) is 2. The Morgan fingerprint density at radius 2 is 1.86 bits per heavy atom. The summed E-state index contributed by atoms with van der Waals surface area (Å²) in [6, 6.07) is 14.9. The van der Waals surface area contributed by atoms with Crippen molar-refractivity contribution in [1.82, 2.24) is 10.2 Å². The van der Waals surface area contributed by atoms with Crippen LogP contribution in [0.3, 0.4) is 0 Å². The van der Waals surface area contributed by atoms with Crippen LogP contribution in [-0.4, -0.2) is 45.3 Å². The number of benzene rings is 2. The lowest BCUT2D eigenvalue weighted by Crippen LogP contribution is -2.36. The van der Waals surface area contributed by atoms with Crippen LogP contribution in [0.5, 0.6) is 11.5 Å². The number of rotatable bonds is 9. The second-order valence-corrected chi connectivity index (χ2v) is 6.86. The lowest BCUT2D eigenvalue weighted by molar-refractivity contribution is 0.243. The molecule has 1 atom stereocenters. The number of methoxy groups -OCH3 is 1. The molecule has 0 bridgehead atoms. The first-order valence-electron chi connectivity index (χ1n) is 9.11. The number of hydrogen-bond acceptors (Lipinski definition) is 4. The molecule has 2 aromatic carbocycles. The van der Waals surface area contributed by atoms with Crippen LogP contribution in [0.4, 0.5) is 10.5 Å². The van der Waals surface area contributed by atoms with Crippen molar-refractivity contribution in [3.63, 3.8) is 0 Å².